The average Bonchev–Trinajstić information content (AvgIpc) is 3.20. The minimum atomic E-state index is -0.0206. The van der Waals surface area contributed by atoms with Gasteiger partial charge in [0.25, 0.3) is 0 Å². The zero-order valence-corrected chi connectivity index (χ0v) is 18.1. The third kappa shape index (κ3) is 5.93. The summed E-state index contributed by atoms with van der Waals surface area (Å²) in [5.74, 6) is 0.381. The number of benzene rings is 1. The first-order chi connectivity index (χ1) is 14.6. The number of hydrogen-bond donors (Lipinski definition) is 1. The van der Waals surface area contributed by atoms with Crippen LogP contribution >= 0.6 is 11.8 Å². The van der Waals surface area contributed by atoms with E-state index in [4.69, 9.17) is 0 Å². The number of aryl methyl sites for hydroxylation is 1. The highest BCUT2D eigenvalue weighted by atomic mass is 32.2. The largest absolute Gasteiger partial charge is 0.339 e. The highest BCUT2D eigenvalue weighted by Crippen LogP contribution is 2.17. The van der Waals surface area contributed by atoms with E-state index in [1.165, 1.54) is 11.8 Å². The van der Waals surface area contributed by atoms with Crippen LogP contribution in [0.15, 0.2) is 48.4 Å². The third-order valence-electron chi connectivity index (χ3n) is 5.00. The van der Waals surface area contributed by atoms with Gasteiger partial charge in [0, 0.05) is 38.4 Å². The fraction of sp³-hybridized carbons (Fsp3) is 0.429. The molecule has 0 saturated carbocycles. The highest BCUT2D eigenvalue weighted by molar-refractivity contribution is 7.99. The Morgan fingerprint density at radius 1 is 1.23 bits per heavy atom. The molecule has 1 N–H and O–H groups in total. The lowest BCUT2D eigenvalue weighted by atomic mass is 10.1. The molecule has 30 heavy (non-hydrogen) atoms. The zero-order chi connectivity index (χ0) is 21.3. The maximum atomic E-state index is 12.5. The van der Waals surface area contributed by atoms with Crippen LogP contribution in [0.2, 0.25) is 0 Å². The molecule has 1 saturated heterocycles. The van der Waals surface area contributed by atoms with Crippen molar-refractivity contribution in [3.8, 4) is 0 Å². The van der Waals surface area contributed by atoms with Crippen molar-refractivity contribution >= 4 is 29.3 Å². The van der Waals surface area contributed by atoms with Crippen molar-refractivity contribution in [1.82, 2.24) is 24.6 Å². The lowest BCUT2D eigenvalue weighted by Crippen LogP contribution is -2.50. The van der Waals surface area contributed by atoms with Gasteiger partial charge in [-0.2, -0.15) is 0 Å². The molecular weight excluding hydrogens is 400 g/mol. The number of para-hydroxylation sites is 1. The Morgan fingerprint density at radius 2 is 2.00 bits per heavy atom. The molecule has 160 valence electrons. The molecule has 2 aromatic rings. The number of carbonyl (C=O) groups excluding carboxylic acids is 2. The molecule has 0 bridgehead atoms. The molecular formula is C21H28N6O2S. The van der Waals surface area contributed by atoms with E-state index in [1.807, 2.05) is 33.7 Å². The van der Waals surface area contributed by atoms with Crippen LogP contribution in [-0.2, 0) is 22.6 Å². The van der Waals surface area contributed by atoms with Crippen LogP contribution in [0.3, 0.4) is 0 Å². The van der Waals surface area contributed by atoms with E-state index in [9.17, 15) is 9.59 Å². The van der Waals surface area contributed by atoms with Crippen molar-refractivity contribution in [3.05, 3.63) is 48.8 Å². The zero-order valence-electron chi connectivity index (χ0n) is 17.3. The van der Waals surface area contributed by atoms with Gasteiger partial charge >= 0.3 is 0 Å². The van der Waals surface area contributed by atoms with Crippen LogP contribution in [0.5, 0.6) is 0 Å². The summed E-state index contributed by atoms with van der Waals surface area (Å²) in [6.45, 7) is 9.35. The van der Waals surface area contributed by atoms with Gasteiger partial charge in [0.15, 0.2) is 5.16 Å². The van der Waals surface area contributed by atoms with Crippen LogP contribution in [-0.4, -0.2) is 74.9 Å². The van der Waals surface area contributed by atoms with Gasteiger partial charge in [0.1, 0.15) is 6.33 Å². The van der Waals surface area contributed by atoms with Crippen molar-refractivity contribution in [2.24, 2.45) is 0 Å². The molecule has 9 heteroatoms. The molecule has 3 rings (SSSR count). The minimum Gasteiger partial charge on any atom is -0.339 e. The molecule has 1 aromatic carbocycles. The van der Waals surface area contributed by atoms with E-state index in [0.717, 1.165) is 17.7 Å². The summed E-state index contributed by atoms with van der Waals surface area (Å²) in [6, 6.07) is 7.86. The maximum Gasteiger partial charge on any atom is 0.238 e. The maximum absolute atomic E-state index is 12.5. The summed E-state index contributed by atoms with van der Waals surface area (Å²) in [6.07, 6.45) is 4.28. The molecule has 1 fully saturated rings. The number of nitrogens with zero attached hydrogens (tertiary/aromatic N) is 5. The second-order valence-electron chi connectivity index (χ2n) is 7.06. The van der Waals surface area contributed by atoms with Gasteiger partial charge in [0.05, 0.1) is 12.3 Å². The van der Waals surface area contributed by atoms with Crippen molar-refractivity contribution in [2.45, 2.75) is 25.0 Å². The van der Waals surface area contributed by atoms with E-state index in [0.29, 0.717) is 50.2 Å². The van der Waals surface area contributed by atoms with Crippen LogP contribution in [0.4, 0.5) is 5.69 Å². The van der Waals surface area contributed by atoms with Gasteiger partial charge < -0.3 is 14.8 Å². The molecule has 0 radical (unpaired) electrons. The predicted octanol–water partition coefficient (Wildman–Crippen LogP) is 1.90. The highest BCUT2D eigenvalue weighted by Gasteiger charge is 2.23. The molecule has 1 aromatic heterocycles. The summed E-state index contributed by atoms with van der Waals surface area (Å²) < 4.78 is 1.86. The van der Waals surface area contributed by atoms with Gasteiger partial charge in [-0.1, -0.05) is 43.0 Å². The van der Waals surface area contributed by atoms with Crippen molar-refractivity contribution in [1.29, 1.82) is 0 Å². The molecule has 0 unspecified atom stereocenters. The number of aromatic nitrogens is 3. The SMILES string of the molecule is C=CCn1cnnc1SCC(=O)N1CCN(CC(=O)Nc2ccccc2CC)CC1. The Morgan fingerprint density at radius 3 is 2.73 bits per heavy atom. The second kappa shape index (κ2) is 10.9. The summed E-state index contributed by atoms with van der Waals surface area (Å²) in [7, 11) is 0. The lowest BCUT2D eigenvalue weighted by Gasteiger charge is -2.34. The number of piperazine rings is 1. The number of carbonyl (C=O) groups is 2. The van der Waals surface area contributed by atoms with Crippen LogP contribution in [0.1, 0.15) is 12.5 Å². The molecule has 0 spiro atoms. The molecule has 8 nitrogen and oxygen atoms in total. The fourth-order valence-electron chi connectivity index (χ4n) is 3.34. The van der Waals surface area contributed by atoms with Gasteiger partial charge in [-0.05, 0) is 18.1 Å². The smallest absolute Gasteiger partial charge is 0.238 e. The number of allylic oxidation sites excluding steroid dienone is 1. The van der Waals surface area contributed by atoms with Gasteiger partial charge in [-0.15, -0.1) is 16.8 Å². The summed E-state index contributed by atoms with van der Waals surface area (Å²) >= 11 is 1.38. The quantitative estimate of drug-likeness (QED) is 0.485. The van der Waals surface area contributed by atoms with Crippen molar-refractivity contribution in [3.63, 3.8) is 0 Å². The summed E-state index contributed by atoms with van der Waals surface area (Å²) in [4.78, 5) is 28.9. The summed E-state index contributed by atoms with van der Waals surface area (Å²) in [5.41, 5.74) is 2.00. The Kier molecular flexibility index (Phi) is 8.04. The Bertz CT molecular complexity index is 876. The molecule has 2 heterocycles. The number of anilines is 1. The number of thioether (sulfide) groups is 1. The van der Waals surface area contributed by atoms with E-state index in [1.54, 1.807) is 12.4 Å². The van der Waals surface area contributed by atoms with Crippen LogP contribution < -0.4 is 5.32 Å². The second-order valence-corrected chi connectivity index (χ2v) is 8.00. The van der Waals surface area contributed by atoms with E-state index in [2.05, 4.69) is 33.9 Å². The first-order valence-corrected chi connectivity index (χ1v) is 11.1. The van der Waals surface area contributed by atoms with E-state index >= 15 is 0 Å². The normalized spacial score (nSPS) is 14.5. The van der Waals surface area contributed by atoms with Gasteiger partial charge in [-0.3, -0.25) is 14.5 Å². The molecule has 1 aliphatic rings. The lowest BCUT2D eigenvalue weighted by molar-refractivity contribution is -0.130. The Balaban J connectivity index is 1.41. The predicted molar refractivity (Wildman–Crippen MR) is 118 cm³/mol. The van der Waals surface area contributed by atoms with Crippen LogP contribution in [0, 0.1) is 0 Å². The number of nitrogens with one attached hydrogen (secondary N) is 1. The Labute approximate surface area is 181 Å². The first-order valence-electron chi connectivity index (χ1n) is 10.1. The minimum absolute atomic E-state index is 0.0206. The van der Waals surface area contributed by atoms with E-state index in [-0.39, 0.29) is 11.8 Å². The van der Waals surface area contributed by atoms with Gasteiger partial charge in [0.2, 0.25) is 11.8 Å². The Hall–Kier alpha value is -2.65. The molecule has 0 aliphatic carbocycles. The number of hydrogen-bond acceptors (Lipinski definition) is 6. The molecule has 2 amide bonds. The van der Waals surface area contributed by atoms with Crippen molar-refractivity contribution in [2.75, 3.05) is 43.8 Å². The third-order valence-corrected chi connectivity index (χ3v) is 5.96. The molecule has 1 aliphatic heterocycles. The fourth-order valence-corrected chi connectivity index (χ4v) is 4.16. The standard InChI is InChI=1S/C21H28N6O2S/c1-3-9-27-16-22-24-21(27)30-15-20(29)26-12-10-25(11-13-26)14-19(28)23-18-8-6-5-7-17(18)4-2/h3,5-8,16H,1,4,9-15H2,2H3,(H,23,28). The number of amides is 2. The van der Waals surface area contributed by atoms with E-state index < -0.39 is 0 Å². The topological polar surface area (TPSA) is 83.4 Å². The number of rotatable bonds is 9. The summed E-state index contributed by atoms with van der Waals surface area (Å²) in [5, 5.41) is 11.7. The van der Waals surface area contributed by atoms with Crippen LogP contribution in [0.25, 0.3) is 0 Å². The first kappa shape index (κ1) is 22.0. The van der Waals surface area contributed by atoms with Crippen molar-refractivity contribution < 1.29 is 9.59 Å². The monoisotopic (exact) mass is 428 g/mol. The molecule has 0 atom stereocenters. The van der Waals surface area contributed by atoms with Gasteiger partial charge in [-0.25, -0.2) is 0 Å². The average molecular weight is 429 g/mol.